The largest absolute Gasteiger partial charge is 0.504 e. The molecule has 0 fully saturated rings. The number of nitrogens with zero attached hydrogens (tertiary/aromatic N) is 1. The topological polar surface area (TPSA) is 110 Å². The number of hydrogen-bond donors (Lipinski definition) is 2. The third-order valence-corrected chi connectivity index (χ3v) is 3.77. The summed E-state index contributed by atoms with van der Waals surface area (Å²) in [5.41, 5.74) is -0.447. The Morgan fingerprint density at radius 1 is 1.17 bits per heavy atom. The van der Waals surface area contributed by atoms with Gasteiger partial charge in [0.1, 0.15) is 0 Å². The average Bonchev–Trinajstić information content (AvgIpc) is 2.80. The highest BCUT2D eigenvalue weighted by Gasteiger charge is 2.30. The van der Waals surface area contributed by atoms with E-state index < -0.39 is 27.9 Å². The van der Waals surface area contributed by atoms with E-state index >= 15 is 0 Å². The monoisotopic (exact) mass is 367 g/mol. The fourth-order valence-corrected chi connectivity index (χ4v) is 2.75. The van der Waals surface area contributed by atoms with Crippen LogP contribution in [0.1, 0.15) is 15.9 Å². The van der Waals surface area contributed by atoms with Crippen LogP contribution >= 0.6 is 23.2 Å². The third kappa shape index (κ3) is 2.64. The second kappa shape index (κ2) is 5.70. The van der Waals surface area contributed by atoms with Crippen LogP contribution in [0.25, 0.3) is 6.08 Å². The first-order chi connectivity index (χ1) is 11.3. The van der Waals surface area contributed by atoms with Crippen molar-refractivity contribution in [3.8, 4) is 17.2 Å². The van der Waals surface area contributed by atoms with Crippen LogP contribution in [0.5, 0.6) is 17.2 Å². The van der Waals surface area contributed by atoms with Crippen molar-refractivity contribution >= 4 is 40.7 Å². The van der Waals surface area contributed by atoms with Gasteiger partial charge in [-0.3, -0.25) is 14.9 Å². The number of phenolic OH excluding ortho intramolecular Hbond substituents is 2. The summed E-state index contributed by atoms with van der Waals surface area (Å²) in [6.07, 6.45) is 1.19. The number of halogens is 2. The Balaban J connectivity index is 2.07. The molecule has 2 aromatic rings. The second-order valence-corrected chi connectivity index (χ2v) is 5.71. The average molecular weight is 368 g/mol. The van der Waals surface area contributed by atoms with E-state index in [2.05, 4.69) is 0 Å². The van der Waals surface area contributed by atoms with E-state index in [1.165, 1.54) is 18.2 Å². The maximum absolute atomic E-state index is 12.3. The van der Waals surface area contributed by atoms with Gasteiger partial charge in [-0.25, -0.2) is 0 Å². The van der Waals surface area contributed by atoms with Crippen LogP contribution in [0.3, 0.4) is 0 Å². The van der Waals surface area contributed by atoms with E-state index in [1.807, 2.05) is 0 Å². The van der Waals surface area contributed by atoms with E-state index in [0.717, 1.165) is 12.1 Å². The number of nitro groups is 1. The molecule has 2 aromatic carbocycles. The molecule has 1 aliphatic heterocycles. The molecular weight excluding hydrogens is 361 g/mol. The first-order valence-electron chi connectivity index (χ1n) is 6.41. The van der Waals surface area contributed by atoms with Crippen LogP contribution in [-0.2, 0) is 0 Å². The zero-order valence-electron chi connectivity index (χ0n) is 11.6. The molecule has 0 spiro atoms. The Labute approximate surface area is 144 Å². The quantitative estimate of drug-likeness (QED) is 0.360. The number of rotatable bonds is 2. The number of ketones is 1. The van der Waals surface area contributed by atoms with Gasteiger partial charge < -0.3 is 14.9 Å². The van der Waals surface area contributed by atoms with E-state index in [1.54, 1.807) is 0 Å². The molecule has 122 valence electrons. The number of allylic oxidation sites excluding steroid dienone is 1. The fraction of sp³-hybridized carbons (Fsp3) is 0. The molecule has 1 heterocycles. The van der Waals surface area contributed by atoms with Crippen LogP contribution < -0.4 is 4.74 Å². The van der Waals surface area contributed by atoms with Crippen LogP contribution in [0.2, 0.25) is 10.0 Å². The number of benzene rings is 2. The van der Waals surface area contributed by atoms with Crippen molar-refractivity contribution < 1.29 is 24.7 Å². The minimum atomic E-state index is -0.862. The molecule has 2 N–H and O–H groups in total. The van der Waals surface area contributed by atoms with Gasteiger partial charge >= 0.3 is 5.69 Å². The van der Waals surface area contributed by atoms with Gasteiger partial charge in [-0.2, -0.15) is 0 Å². The van der Waals surface area contributed by atoms with Crippen LogP contribution in [0, 0.1) is 10.1 Å². The number of carbonyl (C=O) groups excluding carboxylic acids is 1. The minimum Gasteiger partial charge on any atom is -0.504 e. The van der Waals surface area contributed by atoms with Crippen molar-refractivity contribution in [1.82, 2.24) is 0 Å². The van der Waals surface area contributed by atoms with Crippen molar-refractivity contribution in [1.29, 1.82) is 0 Å². The highest BCUT2D eigenvalue weighted by molar-refractivity contribution is 6.37. The van der Waals surface area contributed by atoms with Crippen molar-refractivity contribution in [3.05, 3.63) is 61.3 Å². The van der Waals surface area contributed by atoms with Gasteiger partial charge in [-0.1, -0.05) is 23.2 Å². The molecule has 0 aromatic heterocycles. The number of Topliss-reactive ketones (excluding diaryl/α,β-unsaturated/α-hetero) is 1. The van der Waals surface area contributed by atoms with Gasteiger partial charge in [0.15, 0.2) is 17.3 Å². The van der Waals surface area contributed by atoms with Gasteiger partial charge in [0, 0.05) is 11.1 Å². The lowest BCUT2D eigenvalue weighted by molar-refractivity contribution is -0.386. The predicted octanol–water partition coefficient (Wildman–Crippen LogP) is 3.93. The summed E-state index contributed by atoms with van der Waals surface area (Å²) in [4.78, 5) is 22.3. The summed E-state index contributed by atoms with van der Waals surface area (Å²) >= 11 is 11.8. The molecule has 0 radical (unpaired) electrons. The van der Waals surface area contributed by atoms with Gasteiger partial charge in [0.05, 0.1) is 15.5 Å². The molecular formula is C15H7Cl2NO6. The maximum Gasteiger partial charge on any atom is 0.315 e. The second-order valence-electron chi connectivity index (χ2n) is 4.87. The molecule has 0 amide bonds. The molecule has 3 rings (SSSR count). The molecule has 1 aliphatic rings. The Morgan fingerprint density at radius 2 is 1.88 bits per heavy atom. The highest BCUT2D eigenvalue weighted by atomic mass is 35.5. The van der Waals surface area contributed by atoms with Crippen LogP contribution in [0.4, 0.5) is 5.69 Å². The normalized spacial score (nSPS) is 14.6. The third-order valence-electron chi connectivity index (χ3n) is 3.28. The van der Waals surface area contributed by atoms with Crippen LogP contribution in [0.15, 0.2) is 30.0 Å². The summed E-state index contributed by atoms with van der Waals surface area (Å²) in [5.74, 6) is -2.08. The molecule has 0 saturated carbocycles. The maximum atomic E-state index is 12.3. The summed E-state index contributed by atoms with van der Waals surface area (Å²) in [7, 11) is 0. The Morgan fingerprint density at radius 3 is 2.54 bits per heavy atom. The first kappa shape index (κ1) is 16.1. The molecule has 0 unspecified atom stereocenters. The SMILES string of the molecule is O=C1/C(=C/c2cc(O)c(O)c([N+](=O)[O-])c2)Oc2c(Cl)cc(Cl)cc21. The van der Waals surface area contributed by atoms with Crippen molar-refractivity contribution in [2.45, 2.75) is 0 Å². The van der Waals surface area contributed by atoms with Crippen molar-refractivity contribution in [3.63, 3.8) is 0 Å². The number of carbonyl (C=O) groups is 1. The summed E-state index contributed by atoms with van der Waals surface area (Å²) in [6, 6.07) is 4.86. The number of fused-ring (bicyclic) bond motifs is 1. The first-order valence-corrected chi connectivity index (χ1v) is 7.17. The number of nitro benzene ring substituents is 1. The molecule has 7 nitrogen and oxygen atoms in total. The Kier molecular flexibility index (Phi) is 3.82. The number of aromatic hydroxyl groups is 2. The summed E-state index contributed by atoms with van der Waals surface area (Å²) in [6.45, 7) is 0. The molecule has 0 atom stereocenters. The minimum absolute atomic E-state index is 0.0929. The molecule has 0 bridgehead atoms. The Bertz CT molecular complexity index is 938. The van der Waals surface area contributed by atoms with E-state index in [9.17, 15) is 25.1 Å². The molecule has 24 heavy (non-hydrogen) atoms. The summed E-state index contributed by atoms with van der Waals surface area (Å²) < 4.78 is 5.39. The number of ether oxygens (including phenoxy) is 1. The van der Waals surface area contributed by atoms with Gasteiger partial charge in [0.2, 0.25) is 11.5 Å². The zero-order valence-corrected chi connectivity index (χ0v) is 13.1. The van der Waals surface area contributed by atoms with Crippen molar-refractivity contribution in [2.75, 3.05) is 0 Å². The van der Waals surface area contributed by atoms with Crippen LogP contribution in [-0.4, -0.2) is 20.9 Å². The molecule has 0 aliphatic carbocycles. The van der Waals surface area contributed by atoms with E-state index in [4.69, 9.17) is 27.9 Å². The van der Waals surface area contributed by atoms with Gasteiger partial charge in [-0.05, 0) is 29.8 Å². The number of phenols is 2. The molecule has 9 heteroatoms. The number of hydrogen-bond acceptors (Lipinski definition) is 6. The Hall–Kier alpha value is -2.77. The summed E-state index contributed by atoms with van der Waals surface area (Å²) in [5, 5.41) is 30.3. The lowest BCUT2D eigenvalue weighted by atomic mass is 10.1. The lowest BCUT2D eigenvalue weighted by Crippen LogP contribution is -1.98. The van der Waals surface area contributed by atoms with Crippen molar-refractivity contribution in [2.24, 2.45) is 0 Å². The standard InChI is InChI=1S/C15H7Cl2NO6/c16-7-4-8-13(20)12(24-15(8)9(17)5-7)3-6-1-10(18(22)23)14(21)11(19)2-6/h1-5,19,21H/b12-3-. The molecule has 0 saturated heterocycles. The highest BCUT2D eigenvalue weighted by Crippen LogP contribution is 2.41. The van der Waals surface area contributed by atoms with Gasteiger partial charge in [-0.15, -0.1) is 0 Å². The smallest absolute Gasteiger partial charge is 0.315 e. The van der Waals surface area contributed by atoms with E-state index in [0.29, 0.717) is 0 Å². The lowest BCUT2D eigenvalue weighted by Gasteiger charge is -2.03. The predicted molar refractivity (Wildman–Crippen MR) is 85.8 cm³/mol. The zero-order chi connectivity index (χ0) is 17.6. The van der Waals surface area contributed by atoms with Gasteiger partial charge in [0.25, 0.3) is 0 Å². The fourth-order valence-electron chi connectivity index (χ4n) is 2.22. The van der Waals surface area contributed by atoms with E-state index in [-0.39, 0.29) is 32.7 Å².